The zero-order chi connectivity index (χ0) is 13.4. The van der Waals surface area contributed by atoms with E-state index in [0.717, 1.165) is 11.0 Å². The fourth-order valence-electron chi connectivity index (χ4n) is 1.90. The van der Waals surface area contributed by atoms with Gasteiger partial charge in [-0.25, -0.2) is 0 Å². The van der Waals surface area contributed by atoms with Crippen molar-refractivity contribution in [2.24, 2.45) is 14.1 Å². The number of methoxy groups -OCH3 is 2. The summed E-state index contributed by atoms with van der Waals surface area (Å²) >= 11 is 10.6. The molecule has 2 aromatic rings. The summed E-state index contributed by atoms with van der Waals surface area (Å²) in [5.41, 5.74) is 1.91. The summed E-state index contributed by atoms with van der Waals surface area (Å²) in [4.78, 5) is 0. The van der Waals surface area contributed by atoms with Crippen molar-refractivity contribution >= 4 is 35.5 Å². The van der Waals surface area contributed by atoms with Crippen molar-refractivity contribution in [1.29, 1.82) is 0 Å². The summed E-state index contributed by atoms with van der Waals surface area (Å²) in [6.07, 6.45) is 0. The van der Waals surface area contributed by atoms with Gasteiger partial charge in [0.05, 0.1) is 25.3 Å². The Morgan fingerprint density at radius 3 is 1.44 bits per heavy atom. The smallest absolute Gasteiger partial charge is 0.162 e. The lowest BCUT2D eigenvalue weighted by Gasteiger charge is -2.15. The Morgan fingerprint density at radius 1 is 0.833 bits per heavy atom. The van der Waals surface area contributed by atoms with Crippen LogP contribution in [0.3, 0.4) is 0 Å². The highest BCUT2D eigenvalue weighted by Crippen LogP contribution is 2.31. The normalized spacial score (nSPS) is 10.7. The number of hydrogen-bond acceptors (Lipinski definition) is 4. The second kappa shape index (κ2) is 4.70. The minimum atomic E-state index is 0.632. The van der Waals surface area contributed by atoms with Crippen LogP contribution < -0.4 is 9.47 Å². The summed E-state index contributed by atoms with van der Waals surface area (Å²) in [5.74, 6) is 1.35. The van der Waals surface area contributed by atoms with Crippen LogP contribution in [0.5, 0.6) is 11.5 Å². The molecule has 0 amide bonds. The second-order valence-electron chi connectivity index (χ2n) is 3.92. The fraction of sp³-hybridized carbons (Fsp3) is 0.333. The third-order valence-electron chi connectivity index (χ3n) is 3.00. The molecule has 6 heteroatoms. The van der Waals surface area contributed by atoms with Crippen molar-refractivity contribution in [2.75, 3.05) is 14.2 Å². The Hall–Kier alpha value is -1.40. The lowest BCUT2D eigenvalue weighted by Crippen LogP contribution is -2.05. The van der Waals surface area contributed by atoms with Gasteiger partial charge in [-0.15, -0.1) is 0 Å². The number of rotatable bonds is 2. The molecule has 18 heavy (non-hydrogen) atoms. The first kappa shape index (κ1) is 13.0. The molecule has 0 bridgehead atoms. The van der Waals surface area contributed by atoms with Crippen LogP contribution in [0.25, 0.3) is 11.0 Å². The van der Waals surface area contributed by atoms with Gasteiger partial charge in [-0.2, -0.15) is 0 Å². The Labute approximate surface area is 115 Å². The zero-order valence-corrected chi connectivity index (χ0v) is 12.3. The molecule has 0 aliphatic carbocycles. The summed E-state index contributed by atoms with van der Waals surface area (Å²) in [6, 6.07) is 3.80. The third kappa shape index (κ3) is 1.81. The van der Waals surface area contributed by atoms with Gasteiger partial charge in [0.15, 0.2) is 11.5 Å². The van der Waals surface area contributed by atoms with E-state index in [1.54, 1.807) is 14.2 Å². The van der Waals surface area contributed by atoms with Crippen LogP contribution in [0.1, 0.15) is 0 Å². The minimum absolute atomic E-state index is 0.632. The van der Waals surface area contributed by atoms with Gasteiger partial charge in [-0.05, 0) is 0 Å². The minimum Gasteiger partial charge on any atom is -0.493 e. The van der Waals surface area contributed by atoms with Crippen molar-refractivity contribution in [1.82, 2.24) is 9.13 Å². The largest absolute Gasteiger partial charge is 0.493 e. The number of aryl methyl sites for hydroxylation is 2. The molecular formula is C12H14N2O2S2. The third-order valence-corrected chi connectivity index (χ3v) is 4.06. The molecule has 0 aliphatic rings. The van der Waals surface area contributed by atoms with E-state index >= 15 is 0 Å². The van der Waals surface area contributed by atoms with Gasteiger partial charge in [0.2, 0.25) is 0 Å². The van der Waals surface area contributed by atoms with E-state index in [9.17, 15) is 0 Å². The van der Waals surface area contributed by atoms with Crippen LogP contribution >= 0.6 is 24.4 Å². The van der Waals surface area contributed by atoms with E-state index in [1.165, 1.54) is 0 Å². The van der Waals surface area contributed by atoms with Gasteiger partial charge in [-0.1, -0.05) is 24.4 Å². The molecule has 96 valence electrons. The quantitative estimate of drug-likeness (QED) is 0.792. The maximum atomic E-state index is 5.32. The first-order valence-electron chi connectivity index (χ1n) is 5.33. The van der Waals surface area contributed by atoms with Gasteiger partial charge in [0, 0.05) is 26.2 Å². The summed E-state index contributed by atoms with van der Waals surface area (Å²) in [6.45, 7) is 0. The number of hydrogen-bond donors (Lipinski definition) is 0. The Kier molecular flexibility index (Phi) is 3.41. The number of fused-ring (bicyclic) bond motifs is 1. The second-order valence-corrected chi connectivity index (χ2v) is 4.70. The lowest BCUT2D eigenvalue weighted by atomic mass is 10.2. The van der Waals surface area contributed by atoms with Crippen LogP contribution in [0, 0.1) is 9.28 Å². The Morgan fingerprint density at radius 2 is 1.17 bits per heavy atom. The summed E-state index contributed by atoms with van der Waals surface area (Å²) in [5, 5.41) is 0. The van der Waals surface area contributed by atoms with Gasteiger partial charge < -0.3 is 18.6 Å². The van der Waals surface area contributed by atoms with Crippen LogP contribution in [-0.4, -0.2) is 23.4 Å². The summed E-state index contributed by atoms with van der Waals surface area (Å²) in [7, 11) is 7.01. The average Bonchev–Trinajstić information content (AvgIpc) is 2.41. The molecule has 0 atom stereocenters. The first-order chi connectivity index (χ1) is 8.51. The van der Waals surface area contributed by atoms with E-state index in [2.05, 4.69) is 0 Å². The standard InChI is InChI=1S/C12H14N2O2S2/c1-13-7-5-9(15-3)10(16-4)6-8(7)14(2)12(18)11(13)17/h5-6H,1-4H3. The number of ether oxygens (including phenoxy) is 2. The molecular weight excluding hydrogens is 268 g/mol. The molecule has 1 aromatic carbocycles. The van der Waals surface area contributed by atoms with Crippen LogP contribution in [0.15, 0.2) is 12.1 Å². The molecule has 0 spiro atoms. The van der Waals surface area contributed by atoms with Crippen LogP contribution in [0.2, 0.25) is 0 Å². The van der Waals surface area contributed by atoms with Gasteiger partial charge in [-0.3, -0.25) is 0 Å². The van der Waals surface area contributed by atoms with Crippen LogP contribution in [0.4, 0.5) is 0 Å². The van der Waals surface area contributed by atoms with Crippen LogP contribution in [-0.2, 0) is 14.1 Å². The molecule has 4 nitrogen and oxygen atoms in total. The molecule has 0 unspecified atom stereocenters. The molecule has 0 saturated heterocycles. The van der Waals surface area contributed by atoms with Gasteiger partial charge in [0.1, 0.15) is 9.28 Å². The average molecular weight is 282 g/mol. The molecule has 0 radical (unpaired) electrons. The van der Waals surface area contributed by atoms with E-state index in [4.69, 9.17) is 33.9 Å². The predicted molar refractivity (Wildman–Crippen MR) is 76.7 cm³/mol. The SMILES string of the molecule is COc1cc2c(cc1OC)n(C)c(=S)c(=S)n2C. The van der Waals surface area contributed by atoms with Gasteiger partial charge in [0.25, 0.3) is 0 Å². The fourth-order valence-corrected chi connectivity index (χ4v) is 2.37. The van der Waals surface area contributed by atoms with Gasteiger partial charge >= 0.3 is 0 Å². The monoisotopic (exact) mass is 282 g/mol. The molecule has 1 heterocycles. The topological polar surface area (TPSA) is 28.3 Å². The Bertz CT molecular complexity index is 669. The number of benzene rings is 1. The van der Waals surface area contributed by atoms with E-state index in [0.29, 0.717) is 20.8 Å². The van der Waals surface area contributed by atoms with Crippen molar-refractivity contribution in [3.8, 4) is 11.5 Å². The lowest BCUT2D eigenvalue weighted by molar-refractivity contribution is 0.355. The first-order valence-corrected chi connectivity index (χ1v) is 6.14. The Balaban J connectivity index is 3.03. The number of aromatic nitrogens is 2. The predicted octanol–water partition coefficient (Wildman–Crippen LogP) is 2.99. The van der Waals surface area contributed by atoms with E-state index in [-0.39, 0.29) is 0 Å². The highest BCUT2D eigenvalue weighted by atomic mass is 32.1. The van der Waals surface area contributed by atoms with Crippen molar-refractivity contribution < 1.29 is 9.47 Å². The van der Waals surface area contributed by atoms with Crippen molar-refractivity contribution in [3.05, 3.63) is 21.4 Å². The maximum absolute atomic E-state index is 5.32. The highest BCUT2D eigenvalue weighted by molar-refractivity contribution is 7.73. The van der Waals surface area contributed by atoms with Crippen molar-refractivity contribution in [3.63, 3.8) is 0 Å². The van der Waals surface area contributed by atoms with E-state index < -0.39 is 0 Å². The molecule has 1 aromatic heterocycles. The highest BCUT2D eigenvalue weighted by Gasteiger charge is 2.10. The molecule has 0 fully saturated rings. The number of nitrogens with zero attached hydrogens (tertiary/aromatic N) is 2. The van der Waals surface area contributed by atoms with E-state index in [1.807, 2.05) is 35.4 Å². The molecule has 0 saturated carbocycles. The molecule has 2 rings (SSSR count). The molecule has 0 N–H and O–H groups in total. The summed E-state index contributed by atoms with van der Waals surface area (Å²) < 4.78 is 15.6. The van der Waals surface area contributed by atoms with Crippen molar-refractivity contribution in [2.45, 2.75) is 0 Å². The zero-order valence-electron chi connectivity index (χ0n) is 10.7. The molecule has 0 aliphatic heterocycles. The maximum Gasteiger partial charge on any atom is 0.162 e.